The molecule has 0 bridgehead atoms. The number of amides is 1. The molecule has 0 radical (unpaired) electrons. The molecule has 0 saturated heterocycles. The molecule has 3 N–H and O–H groups in total. The average Bonchev–Trinajstić information content (AvgIpc) is 2.82. The van der Waals surface area contributed by atoms with Crippen molar-refractivity contribution < 1.29 is 4.79 Å². The Morgan fingerprint density at radius 3 is 2.85 bits per heavy atom. The molecule has 1 heterocycles. The van der Waals surface area contributed by atoms with Gasteiger partial charge in [0.05, 0.1) is 21.3 Å². The van der Waals surface area contributed by atoms with Crippen LogP contribution < -0.4 is 11.1 Å². The van der Waals surface area contributed by atoms with Gasteiger partial charge in [-0.1, -0.05) is 27.2 Å². The Hall–Kier alpha value is -1.46. The molecule has 20 heavy (non-hydrogen) atoms. The van der Waals surface area contributed by atoms with Crippen molar-refractivity contribution in [2.75, 3.05) is 5.32 Å². The van der Waals surface area contributed by atoms with Crippen molar-refractivity contribution in [3.63, 3.8) is 0 Å². The number of thiazole rings is 1. The number of nitrogens with zero attached hydrogens (tertiary/aromatic N) is 1. The maximum Gasteiger partial charge on any atom is 0.241 e. The van der Waals surface area contributed by atoms with Gasteiger partial charge in [-0.05, 0) is 24.6 Å². The Bertz CT molecular complexity index is 606. The fourth-order valence-electron chi connectivity index (χ4n) is 1.94. The number of hydrogen-bond donors (Lipinski definition) is 2. The van der Waals surface area contributed by atoms with Gasteiger partial charge in [0, 0.05) is 11.6 Å². The third-order valence-corrected chi connectivity index (χ3v) is 4.42. The van der Waals surface area contributed by atoms with Gasteiger partial charge in [-0.3, -0.25) is 4.79 Å². The van der Waals surface area contributed by atoms with Crippen molar-refractivity contribution in [3.8, 4) is 0 Å². The fourth-order valence-corrected chi connectivity index (χ4v) is 2.95. The molecule has 108 valence electrons. The van der Waals surface area contributed by atoms with E-state index in [0.717, 1.165) is 27.3 Å². The van der Waals surface area contributed by atoms with E-state index >= 15 is 0 Å². The summed E-state index contributed by atoms with van der Waals surface area (Å²) in [5.74, 6) is 0.295. The van der Waals surface area contributed by atoms with Gasteiger partial charge in [-0.15, -0.1) is 11.3 Å². The van der Waals surface area contributed by atoms with Crippen molar-refractivity contribution >= 4 is 33.1 Å². The van der Waals surface area contributed by atoms with Crippen LogP contribution in [0.5, 0.6) is 0 Å². The van der Waals surface area contributed by atoms with Crippen LogP contribution in [0.3, 0.4) is 0 Å². The van der Waals surface area contributed by atoms with E-state index < -0.39 is 6.04 Å². The molecule has 4 nitrogen and oxygen atoms in total. The molecular weight excluding hydrogens is 270 g/mol. The van der Waals surface area contributed by atoms with Gasteiger partial charge < -0.3 is 11.1 Å². The molecule has 0 saturated carbocycles. The number of benzene rings is 1. The predicted molar refractivity (Wildman–Crippen MR) is 85.2 cm³/mol. The van der Waals surface area contributed by atoms with Crippen LogP contribution in [0.4, 0.5) is 5.69 Å². The second kappa shape index (κ2) is 6.33. The highest BCUT2D eigenvalue weighted by molar-refractivity contribution is 7.18. The quantitative estimate of drug-likeness (QED) is 0.886. The Morgan fingerprint density at radius 2 is 2.20 bits per heavy atom. The first-order valence-corrected chi connectivity index (χ1v) is 7.79. The van der Waals surface area contributed by atoms with Crippen molar-refractivity contribution in [2.24, 2.45) is 5.73 Å². The summed E-state index contributed by atoms with van der Waals surface area (Å²) in [6.45, 7) is 6.28. The SMILES string of the molecule is CCCC(N)C(=O)Nc1ccc2nc(C(C)C)sc2c1. The lowest BCUT2D eigenvalue weighted by molar-refractivity contribution is -0.117. The van der Waals surface area contributed by atoms with E-state index in [1.807, 2.05) is 25.1 Å². The Labute approximate surface area is 123 Å². The number of nitrogens with one attached hydrogen (secondary N) is 1. The summed E-state index contributed by atoms with van der Waals surface area (Å²) in [5.41, 5.74) is 7.58. The normalized spacial score (nSPS) is 12.8. The maximum absolute atomic E-state index is 11.9. The summed E-state index contributed by atoms with van der Waals surface area (Å²) >= 11 is 1.67. The molecule has 1 aromatic carbocycles. The van der Waals surface area contributed by atoms with E-state index in [0.29, 0.717) is 12.3 Å². The third kappa shape index (κ3) is 3.35. The largest absolute Gasteiger partial charge is 0.325 e. The van der Waals surface area contributed by atoms with Crippen molar-refractivity contribution in [1.29, 1.82) is 0 Å². The first-order valence-electron chi connectivity index (χ1n) is 6.98. The summed E-state index contributed by atoms with van der Waals surface area (Å²) in [4.78, 5) is 16.5. The summed E-state index contributed by atoms with van der Waals surface area (Å²) in [6, 6.07) is 5.35. The highest BCUT2D eigenvalue weighted by Crippen LogP contribution is 2.29. The van der Waals surface area contributed by atoms with Crippen molar-refractivity contribution in [3.05, 3.63) is 23.2 Å². The van der Waals surface area contributed by atoms with E-state index in [9.17, 15) is 4.79 Å². The second-order valence-electron chi connectivity index (χ2n) is 5.27. The zero-order valence-corrected chi connectivity index (χ0v) is 13.0. The van der Waals surface area contributed by atoms with Crippen LogP contribution in [0, 0.1) is 0 Å². The van der Waals surface area contributed by atoms with Crippen molar-refractivity contribution in [1.82, 2.24) is 4.98 Å². The fraction of sp³-hybridized carbons (Fsp3) is 0.467. The Morgan fingerprint density at radius 1 is 1.45 bits per heavy atom. The van der Waals surface area contributed by atoms with Gasteiger partial charge in [0.15, 0.2) is 0 Å². The Kier molecular flexibility index (Phi) is 4.73. The lowest BCUT2D eigenvalue weighted by atomic mass is 10.1. The summed E-state index contributed by atoms with van der Waals surface area (Å²) < 4.78 is 1.09. The molecule has 1 unspecified atom stereocenters. The van der Waals surface area contributed by atoms with Crippen LogP contribution in [0.1, 0.15) is 44.5 Å². The van der Waals surface area contributed by atoms with Crippen LogP contribution in [0.15, 0.2) is 18.2 Å². The first kappa shape index (κ1) is 14.9. The molecule has 0 aliphatic carbocycles. The topological polar surface area (TPSA) is 68.0 Å². The van der Waals surface area contributed by atoms with Gasteiger partial charge in [-0.25, -0.2) is 4.98 Å². The third-order valence-electron chi connectivity index (χ3n) is 3.10. The van der Waals surface area contributed by atoms with E-state index in [1.165, 1.54) is 0 Å². The summed E-state index contributed by atoms with van der Waals surface area (Å²) in [6.07, 6.45) is 1.60. The van der Waals surface area contributed by atoms with Crippen LogP contribution >= 0.6 is 11.3 Å². The monoisotopic (exact) mass is 291 g/mol. The highest BCUT2D eigenvalue weighted by Gasteiger charge is 2.13. The molecule has 0 aliphatic heterocycles. The lowest BCUT2D eigenvalue weighted by Crippen LogP contribution is -2.35. The van der Waals surface area contributed by atoms with E-state index in [1.54, 1.807) is 11.3 Å². The molecule has 1 atom stereocenters. The smallest absolute Gasteiger partial charge is 0.241 e. The van der Waals surface area contributed by atoms with E-state index in [-0.39, 0.29) is 5.91 Å². The van der Waals surface area contributed by atoms with Crippen LogP contribution in [-0.4, -0.2) is 16.9 Å². The number of hydrogen-bond acceptors (Lipinski definition) is 4. The van der Waals surface area contributed by atoms with Gasteiger partial charge >= 0.3 is 0 Å². The van der Waals surface area contributed by atoms with Gasteiger partial charge in [0.2, 0.25) is 5.91 Å². The minimum Gasteiger partial charge on any atom is -0.325 e. The number of nitrogens with two attached hydrogens (primary N) is 1. The highest BCUT2D eigenvalue weighted by atomic mass is 32.1. The number of rotatable bonds is 5. The first-order chi connectivity index (χ1) is 9.51. The maximum atomic E-state index is 11.9. The van der Waals surface area contributed by atoms with Crippen molar-refractivity contribution in [2.45, 2.75) is 45.6 Å². The standard InChI is InChI=1S/C15H21N3OS/c1-4-5-11(16)14(19)17-10-6-7-12-13(8-10)20-15(18-12)9(2)3/h6-9,11H,4-5,16H2,1-3H3,(H,17,19). The number of aromatic nitrogens is 1. The number of anilines is 1. The zero-order valence-electron chi connectivity index (χ0n) is 12.1. The number of fused-ring (bicyclic) bond motifs is 1. The van der Waals surface area contributed by atoms with E-state index in [2.05, 4.69) is 24.1 Å². The molecule has 0 spiro atoms. The minimum absolute atomic E-state index is 0.125. The predicted octanol–water partition coefficient (Wildman–Crippen LogP) is 3.49. The van der Waals surface area contributed by atoms with Crippen LogP contribution in [0.2, 0.25) is 0 Å². The molecule has 1 amide bonds. The minimum atomic E-state index is -0.441. The Balaban J connectivity index is 2.17. The summed E-state index contributed by atoms with van der Waals surface area (Å²) in [5, 5.41) is 3.99. The number of carbonyl (C=O) groups is 1. The van der Waals surface area contributed by atoms with Gasteiger partial charge in [0.1, 0.15) is 0 Å². The lowest BCUT2D eigenvalue weighted by Gasteiger charge is -2.10. The van der Waals surface area contributed by atoms with Gasteiger partial charge in [0.25, 0.3) is 0 Å². The molecule has 0 fully saturated rings. The molecule has 2 aromatic rings. The number of carbonyl (C=O) groups excluding carboxylic acids is 1. The zero-order chi connectivity index (χ0) is 14.7. The molecule has 5 heteroatoms. The molecule has 0 aliphatic rings. The summed E-state index contributed by atoms with van der Waals surface area (Å²) in [7, 11) is 0. The second-order valence-corrected chi connectivity index (χ2v) is 6.34. The van der Waals surface area contributed by atoms with Crippen LogP contribution in [-0.2, 0) is 4.79 Å². The van der Waals surface area contributed by atoms with Crippen LogP contribution in [0.25, 0.3) is 10.2 Å². The molecule has 2 rings (SSSR count). The molecule has 1 aromatic heterocycles. The van der Waals surface area contributed by atoms with Gasteiger partial charge in [-0.2, -0.15) is 0 Å². The average molecular weight is 291 g/mol. The van der Waals surface area contributed by atoms with E-state index in [4.69, 9.17) is 5.73 Å². The molecular formula is C15H21N3OS.